The van der Waals surface area contributed by atoms with Crippen LogP contribution in [0.3, 0.4) is 0 Å². The zero-order valence-electron chi connectivity index (χ0n) is 18.5. The summed E-state index contributed by atoms with van der Waals surface area (Å²) in [4.78, 5) is 32.0. The highest BCUT2D eigenvalue weighted by molar-refractivity contribution is 7.16. The lowest BCUT2D eigenvalue weighted by atomic mass is 10.1. The molecule has 9 heteroatoms. The van der Waals surface area contributed by atoms with E-state index in [1.54, 1.807) is 13.8 Å². The van der Waals surface area contributed by atoms with Gasteiger partial charge in [-0.15, -0.1) is 11.3 Å². The Morgan fingerprint density at radius 1 is 1.12 bits per heavy atom. The van der Waals surface area contributed by atoms with E-state index in [2.05, 4.69) is 4.98 Å². The predicted molar refractivity (Wildman–Crippen MR) is 122 cm³/mol. The van der Waals surface area contributed by atoms with Gasteiger partial charge in [0.1, 0.15) is 5.75 Å². The maximum atomic E-state index is 13.5. The molecule has 33 heavy (non-hydrogen) atoms. The van der Waals surface area contributed by atoms with Crippen LogP contribution in [0.5, 0.6) is 5.75 Å². The van der Waals surface area contributed by atoms with E-state index in [0.29, 0.717) is 16.4 Å². The number of anilines is 1. The highest BCUT2D eigenvalue weighted by Gasteiger charge is 2.28. The molecular formula is C24H24F2N2O4S. The van der Waals surface area contributed by atoms with Gasteiger partial charge in [0.15, 0.2) is 28.6 Å². The minimum absolute atomic E-state index is 0.0280. The van der Waals surface area contributed by atoms with E-state index in [9.17, 15) is 18.4 Å². The molecule has 174 valence electrons. The Balaban J connectivity index is 1.85. The van der Waals surface area contributed by atoms with Crippen LogP contribution in [-0.2, 0) is 16.0 Å². The summed E-state index contributed by atoms with van der Waals surface area (Å²) >= 11 is 1.20. The Morgan fingerprint density at radius 3 is 2.52 bits per heavy atom. The fraction of sp³-hybridized carbons (Fsp3) is 0.292. The van der Waals surface area contributed by atoms with Gasteiger partial charge in [-0.3, -0.25) is 9.69 Å². The molecule has 1 aromatic heterocycles. The number of benzene rings is 2. The number of hydrogen-bond acceptors (Lipinski definition) is 6. The van der Waals surface area contributed by atoms with Crippen molar-refractivity contribution in [3.63, 3.8) is 0 Å². The van der Waals surface area contributed by atoms with Gasteiger partial charge in [-0.2, -0.15) is 0 Å². The van der Waals surface area contributed by atoms with Crippen molar-refractivity contribution < 1.29 is 27.8 Å². The molecule has 6 nitrogen and oxygen atoms in total. The monoisotopic (exact) mass is 474 g/mol. The number of esters is 1. The lowest BCUT2D eigenvalue weighted by Gasteiger charge is -2.24. The Hall–Kier alpha value is -3.33. The van der Waals surface area contributed by atoms with Crippen molar-refractivity contribution in [1.29, 1.82) is 0 Å². The summed E-state index contributed by atoms with van der Waals surface area (Å²) in [6, 6.07) is 12.7. The molecule has 0 aliphatic heterocycles. The van der Waals surface area contributed by atoms with E-state index in [4.69, 9.17) is 9.47 Å². The summed E-state index contributed by atoms with van der Waals surface area (Å²) < 4.78 is 37.4. The Bertz CT molecular complexity index is 1120. The maximum absolute atomic E-state index is 13.5. The first-order valence-electron chi connectivity index (χ1n) is 10.4. The quantitative estimate of drug-likeness (QED) is 0.411. The van der Waals surface area contributed by atoms with Crippen molar-refractivity contribution in [3.8, 4) is 5.75 Å². The SMILES string of the molecule is CCOC(=O)c1nc(N(CCc2ccccc2)C(=O)C(C)Oc2ccc(F)c(F)c2)sc1C. The van der Waals surface area contributed by atoms with Gasteiger partial charge in [-0.05, 0) is 44.9 Å². The molecule has 0 radical (unpaired) electrons. The van der Waals surface area contributed by atoms with Gasteiger partial charge in [0.05, 0.1) is 6.61 Å². The van der Waals surface area contributed by atoms with Crippen LogP contribution in [0.1, 0.15) is 34.8 Å². The topological polar surface area (TPSA) is 68.7 Å². The second kappa shape index (κ2) is 11.0. The highest BCUT2D eigenvalue weighted by atomic mass is 32.1. The van der Waals surface area contributed by atoms with Crippen LogP contribution in [0.2, 0.25) is 0 Å². The molecule has 0 aliphatic carbocycles. The van der Waals surface area contributed by atoms with Gasteiger partial charge in [0.2, 0.25) is 0 Å². The van der Waals surface area contributed by atoms with Crippen molar-refractivity contribution in [1.82, 2.24) is 4.98 Å². The Labute approximate surface area is 194 Å². The standard InChI is InChI=1S/C24H24F2N2O4S/c1-4-31-23(30)21-16(3)33-24(27-21)28(13-12-17-8-6-5-7-9-17)22(29)15(2)32-18-10-11-19(25)20(26)14-18/h5-11,14-15H,4,12-13H2,1-3H3. The van der Waals surface area contributed by atoms with E-state index in [-0.39, 0.29) is 24.6 Å². The summed E-state index contributed by atoms with van der Waals surface area (Å²) in [5.74, 6) is -3.03. The molecule has 1 amide bonds. The molecule has 0 spiro atoms. The van der Waals surface area contributed by atoms with Crippen LogP contribution in [0.4, 0.5) is 13.9 Å². The lowest BCUT2D eigenvalue weighted by molar-refractivity contribution is -0.124. The molecule has 3 aromatic rings. The van der Waals surface area contributed by atoms with Crippen molar-refractivity contribution in [2.75, 3.05) is 18.1 Å². The van der Waals surface area contributed by atoms with Gasteiger partial charge >= 0.3 is 5.97 Å². The normalized spacial score (nSPS) is 11.7. The number of amides is 1. The average molecular weight is 475 g/mol. The van der Waals surface area contributed by atoms with Gasteiger partial charge in [0.25, 0.3) is 5.91 Å². The third kappa shape index (κ3) is 6.13. The molecule has 3 rings (SSSR count). The molecule has 0 saturated carbocycles. The first kappa shape index (κ1) is 24.3. The third-order valence-corrected chi connectivity index (χ3v) is 5.76. The van der Waals surface area contributed by atoms with Crippen molar-refractivity contribution in [2.24, 2.45) is 0 Å². The van der Waals surface area contributed by atoms with Gasteiger partial charge < -0.3 is 9.47 Å². The highest BCUT2D eigenvalue weighted by Crippen LogP contribution is 2.28. The number of aromatic nitrogens is 1. The van der Waals surface area contributed by atoms with E-state index >= 15 is 0 Å². The molecule has 1 heterocycles. The second-order valence-corrected chi connectivity index (χ2v) is 8.36. The molecule has 0 saturated heterocycles. The maximum Gasteiger partial charge on any atom is 0.358 e. The van der Waals surface area contributed by atoms with E-state index in [1.807, 2.05) is 30.3 Å². The summed E-state index contributed by atoms with van der Waals surface area (Å²) in [5, 5.41) is 0.331. The number of hydrogen-bond donors (Lipinski definition) is 0. The number of halogens is 2. The summed E-state index contributed by atoms with van der Waals surface area (Å²) in [6.07, 6.45) is -0.474. The number of nitrogens with zero attached hydrogens (tertiary/aromatic N) is 2. The fourth-order valence-corrected chi connectivity index (χ4v) is 4.02. The van der Waals surface area contributed by atoms with Crippen molar-refractivity contribution in [3.05, 3.63) is 76.3 Å². The number of carbonyl (C=O) groups excluding carboxylic acids is 2. The van der Waals surface area contributed by atoms with Gasteiger partial charge in [0, 0.05) is 17.5 Å². The van der Waals surface area contributed by atoms with Crippen molar-refractivity contribution >= 4 is 28.3 Å². The Kier molecular flexibility index (Phi) is 8.11. The minimum atomic E-state index is -1.07. The molecule has 0 bridgehead atoms. The van der Waals surface area contributed by atoms with Crippen LogP contribution < -0.4 is 9.64 Å². The minimum Gasteiger partial charge on any atom is -0.481 e. The summed E-state index contributed by atoms with van der Waals surface area (Å²) in [7, 11) is 0. The zero-order chi connectivity index (χ0) is 24.0. The van der Waals surface area contributed by atoms with Crippen LogP contribution in [0.15, 0.2) is 48.5 Å². The van der Waals surface area contributed by atoms with Crippen LogP contribution in [0.25, 0.3) is 0 Å². The molecule has 0 aliphatic rings. The second-order valence-electron chi connectivity index (χ2n) is 7.18. The largest absolute Gasteiger partial charge is 0.481 e. The van der Waals surface area contributed by atoms with Crippen LogP contribution in [-0.4, -0.2) is 36.1 Å². The molecule has 0 fully saturated rings. The molecular weight excluding hydrogens is 450 g/mol. The number of aryl methyl sites for hydroxylation is 1. The smallest absolute Gasteiger partial charge is 0.358 e. The molecule has 0 N–H and O–H groups in total. The number of thiazole rings is 1. The summed E-state index contributed by atoms with van der Waals surface area (Å²) in [6.45, 7) is 5.44. The average Bonchev–Trinajstić information content (AvgIpc) is 3.18. The van der Waals surface area contributed by atoms with Crippen molar-refractivity contribution in [2.45, 2.75) is 33.3 Å². The molecule has 1 atom stereocenters. The number of carbonyl (C=O) groups is 2. The molecule has 2 aromatic carbocycles. The number of rotatable bonds is 9. The van der Waals surface area contributed by atoms with Gasteiger partial charge in [-0.1, -0.05) is 30.3 Å². The van der Waals surface area contributed by atoms with Gasteiger partial charge in [-0.25, -0.2) is 18.6 Å². The first-order chi connectivity index (χ1) is 15.8. The van der Waals surface area contributed by atoms with E-state index in [1.165, 1.54) is 29.2 Å². The summed E-state index contributed by atoms with van der Waals surface area (Å²) in [5.41, 5.74) is 1.17. The van der Waals surface area contributed by atoms with Crippen LogP contribution in [0, 0.1) is 18.6 Å². The third-order valence-electron chi connectivity index (χ3n) is 4.77. The van der Waals surface area contributed by atoms with E-state index in [0.717, 1.165) is 17.7 Å². The molecule has 1 unspecified atom stereocenters. The number of ether oxygens (including phenoxy) is 2. The fourth-order valence-electron chi connectivity index (χ4n) is 3.10. The van der Waals surface area contributed by atoms with E-state index < -0.39 is 29.6 Å². The van der Waals surface area contributed by atoms with Crippen LogP contribution >= 0.6 is 11.3 Å². The zero-order valence-corrected chi connectivity index (χ0v) is 19.3. The predicted octanol–water partition coefficient (Wildman–Crippen LogP) is 4.95. The Morgan fingerprint density at radius 2 is 1.85 bits per heavy atom. The lowest BCUT2D eigenvalue weighted by Crippen LogP contribution is -2.41. The first-order valence-corrected chi connectivity index (χ1v) is 11.2.